The number of benzene rings is 1. The minimum atomic E-state index is -0.534. The molecular weight excluding hydrogens is 288 g/mol. The van der Waals surface area contributed by atoms with Gasteiger partial charge in [0.1, 0.15) is 5.75 Å². The number of carbonyl (C=O) groups is 2. The maximum atomic E-state index is 11.7. The normalized spacial score (nSPS) is 15.6. The molecule has 0 atom stereocenters. The van der Waals surface area contributed by atoms with Gasteiger partial charge in [-0.25, -0.2) is 9.59 Å². The lowest BCUT2D eigenvalue weighted by Gasteiger charge is -2.40. The van der Waals surface area contributed by atoms with E-state index in [9.17, 15) is 9.59 Å². The topological polar surface area (TPSA) is 71.1 Å². The highest BCUT2D eigenvalue weighted by Crippen LogP contribution is 2.32. The number of hydrogen-bond acceptors (Lipinski definition) is 6. The van der Waals surface area contributed by atoms with Crippen molar-refractivity contribution >= 4 is 11.9 Å². The van der Waals surface area contributed by atoms with Gasteiger partial charge >= 0.3 is 11.9 Å². The molecule has 0 bridgehead atoms. The van der Waals surface area contributed by atoms with Gasteiger partial charge in [0.2, 0.25) is 0 Å². The Kier molecular flexibility index (Phi) is 5.03. The second-order valence-electron chi connectivity index (χ2n) is 5.36. The van der Waals surface area contributed by atoms with E-state index in [-0.39, 0.29) is 16.5 Å². The molecule has 0 aromatic heterocycles. The first-order valence-electron chi connectivity index (χ1n) is 7.06. The Morgan fingerprint density at radius 1 is 1.09 bits per heavy atom. The summed E-state index contributed by atoms with van der Waals surface area (Å²) in [6.45, 7) is 3.86. The largest absolute Gasteiger partial charge is 0.493 e. The van der Waals surface area contributed by atoms with Gasteiger partial charge in [0.05, 0.1) is 50.6 Å². The fourth-order valence-electron chi connectivity index (χ4n) is 2.17. The summed E-state index contributed by atoms with van der Waals surface area (Å²) in [6, 6.07) is 4.54. The molecular formula is C16H20O6. The summed E-state index contributed by atoms with van der Waals surface area (Å²) in [5.74, 6) is -0.636. The number of ether oxygens (including phenoxy) is 4. The highest BCUT2D eigenvalue weighted by atomic mass is 16.5. The van der Waals surface area contributed by atoms with E-state index in [4.69, 9.17) is 18.9 Å². The summed E-state index contributed by atoms with van der Waals surface area (Å²) in [6.07, 6.45) is 0.938. The van der Waals surface area contributed by atoms with Gasteiger partial charge in [0.15, 0.2) is 0 Å². The van der Waals surface area contributed by atoms with Crippen molar-refractivity contribution < 1.29 is 28.5 Å². The van der Waals surface area contributed by atoms with Crippen LogP contribution in [0.15, 0.2) is 18.2 Å². The van der Waals surface area contributed by atoms with Crippen molar-refractivity contribution in [1.82, 2.24) is 0 Å². The molecule has 0 aliphatic carbocycles. The molecule has 1 heterocycles. The summed E-state index contributed by atoms with van der Waals surface area (Å²) in [5.41, 5.74) is 0.499. The van der Waals surface area contributed by atoms with Gasteiger partial charge in [-0.2, -0.15) is 0 Å². The molecule has 6 heteroatoms. The smallest absolute Gasteiger partial charge is 0.338 e. The van der Waals surface area contributed by atoms with Crippen LogP contribution in [0.4, 0.5) is 0 Å². The standard InChI is InChI=1S/C16H20O6/c1-4-16(8-21-9-16)10-22-13-6-11(14(17)19-2)5-12(7-13)15(18)20-3/h5-7H,4,8-10H2,1-3H3. The van der Waals surface area contributed by atoms with Crippen molar-refractivity contribution in [3.8, 4) is 5.75 Å². The molecule has 0 amide bonds. The average molecular weight is 308 g/mol. The summed E-state index contributed by atoms with van der Waals surface area (Å²) in [5, 5.41) is 0. The zero-order chi connectivity index (χ0) is 16.2. The van der Waals surface area contributed by atoms with Gasteiger partial charge < -0.3 is 18.9 Å². The van der Waals surface area contributed by atoms with E-state index < -0.39 is 11.9 Å². The molecule has 0 unspecified atom stereocenters. The van der Waals surface area contributed by atoms with Crippen molar-refractivity contribution in [2.24, 2.45) is 5.41 Å². The molecule has 0 radical (unpaired) electrons. The molecule has 1 aliphatic rings. The van der Waals surface area contributed by atoms with Crippen molar-refractivity contribution in [2.45, 2.75) is 13.3 Å². The summed E-state index contributed by atoms with van der Waals surface area (Å²) >= 11 is 0. The molecule has 22 heavy (non-hydrogen) atoms. The average Bonchev–Trinajstić information content (AvgIpc) is 2.52. The summed E-state index contributed by atoms with van der Waals surface area (Å²) < 4.78 is 20.4. The zero-order valence-corrected chi connectivity index (χ0v) is 13.0. The van der Waals surface area contributed by atoms with Crippen LogP contribution in [0, 0.1) is 5.41 Å². The Hall–Kier alpha value is -2.08. The van der Waals surface area contributed by atoms with Crippen LogP contribution < -0.4 is 4.74 Å². The van der Waals surface area contributed by atoms with Gasteiger partial charge in [0.25, 0.3) is 0 Å². The van der Waals surface area contributed by atoms with Gasteiger partial charge in [-0.3, -0.25) is 0 Å². The molecule has 2 rings (SSSR count). The van der Waals surface area contributed by atoms with Crippen LogP contribution in [0.25, 0.3) is 0 Å². The van der Waals surface area contributed by atoms with E-state index in [0.717, 1.165) is 6.42 Å². The minimum Gasteiger partial charge on any atom is -0.493 e. The third kappa shape index (κ3) is 3.39. The van der Waals surface area contributed by atoms with E-state index in [1.165, 1.54) is 20.3 Å². The van der Waals surface area contributed by atoms with Crippen molar-refractivity contribution in [2.75, 3.05) is 34.0 Å². The van der Waals surface area contributed by atoms with Crippen LogP contribution in [0.3, 0.4) is 0 Å². The molecule has 120 valence electrons. The Bertz CT molecular complexity index is 522. The first-order valence-corrected chi connectivity index (χ1v) is 7.06. The Labute approximate surface area is 129 Å². The quantitative estimate of drug-likeness (QED) is 0.749. The lowest BCUT2D eigenvalue weighted by atomic mass is 9.84. The highest BCUT2D eigenvalue weighted by Gasteiger charge is 2.37. The summed E-state index contributed by atoms with van der Waals surface area (Å²) in [4.78, 5) is 23.4. The lowest BCUT2D eigenvalue weighted by molar-refractivity contribution is -0.133. The fourth-order valence-corrected chi connectivity index (χ4v) is 2.17. The molecule has 0 N–H and O–H groups in total. The van der Waals surface area contributed by atoms with Gasteiger partial charge in [-0.15, -0.1) is 0 Å². The second kappa shape index (κ2) is 6.79. The van der Waals surface area contributed by atoms with E-state index in [1.54, 1.807) is 12.1 Å². The van der Waals surface area contributed by atoms with E-state index in [2.05, 4.69) is 6.92 Å². The van der Waals surface area contributed by atoms with Crippen LogP contribution in [0.2, 0.25) is 0 Å². The SMILES string of the molecule is CCC1(COc2cc(C(=O)OC)cc(C(=O)OC)c2)COC1. The van der Waals surface area contributed by atoms with E-state index in [0.29, 0.717) is 25.6 Å². The molecule has 1 aromatic rings. The van der Waals surface area contributed by atoms with Gasteiger partial charge in [-0.1, -0.05) is 6.92 Å². The van der Waals surface area contributed by atoms with Crippen LogP contribution in [0.5, 0.6) is 5.75 Å². The molecule has 1 saturated heterocycles. The van der Waals surface area contributed by atoms with Crippen molar-refractivity contribution in [3.05, 3.63) is 29.3 Å². The van der Waals surface area contributed by atoms with Crippen LogP contribution in [-0.4, -0.2) is 46.0 Å². The number of rotatable bonds is 6. The first kappa shape index (κ1) is 16.3. The number of carbonyl (C=O) groups excluding carboxylic acids is 2. The Balaban J connectivity index is 2.21. The first-order chi connectivity index (χ1) is 10.5. The van der Waals surface area contributed by atoms with Gasteiger partial charge in [0, 0.05) is 0 Å². The molecule has 0 saturated carbocycles. The van der Waals surface area contributed by atoms with E-state index >= 15 is 0 Å². The van der Waals surface area contributed by atoms with Crippen LogP contribution >= 0.6 is 0 Å². The molecule has 0 spiro atoms. The number of esters is 2. The molecule has 1 fully saturated rings. The van der Waals surface area contributed by atoms with E-state index in [1.807, 2.05) is 0 Å². The molecule has 1 aromatic carbocycles. The molecule has 6 nitrogen and oxygen atoms in total. The monoisotopic (exact) mass is 308 g/mol. The van der Waals surface area contributed by atoms with Crippen LogP contribution in [-0.2, 0) is 14.2 Å². The third-order valence-corrected chi connectivity index (χ3v) is 3.86. The predicted molar refractivity (Wildman–Crippen MR) is 78.2 cm³/mol. The minimum absolute atomic E-state index is 0.00665. The lowest BCUT2D eigenvalue weighted by Crippen LogP contribution is -2.46. The second-order valence-corrected chi connectivity index (χ2v) is 5.36. The zero-order valence-electron chi connectivity index (χ0n) is 13.0. The highest BCUT2D eigenvalue weighted by molar-refractivity contribution is 5.96. The van der Waals surface area contributed by atoms with Crippen LogP contribution in [0.1, 0.15) is 34.1 Å². The Morgan fingerprint density at radius 2 is 1.64 bits per heavy atom. The Morgan fingerprint density at radius 3 is 2.00 bits per heavy atom. The number of hydrogen-bond donors (Lipinski definition) is 0. The van der Waals surface area contributed by atoms with Gasteiger partial charge in [-0.05, 0) is 24.6 Å². The maximum Gasteiger partial charge on any atom is 0.338 e. The number of methoxy groups -OCH3 is 2. The van der Waals surface area contributed by atoms with Crippen molar-refractivity contribution in [3.63, 3.8) is 0 Å². The fraction of sp³-hybridized carbons (Fsp3) is 0.500. The third-order valence-electron chi connectivity index (χ3n) is 3.86. The molecule has 1 aliphatic heterocycles. The predicted octanol–water partition coefficient (Wildman–Crippen LogP) is 2.07. The summed E-state index contributed by atoms with van der Waals surface area (Å²) in [7, 11) is 2.57. The maximum absolute atomic E-state index is 11.7. The van der Waals surface area contributed by atoms with Crippen molar-refractivity contribution in [1.29, 1.82) is 0 Å².